The van der Waals surface area contributed by atoms with E-state index in [0.717, 1.165) is 6.42 Å². The van der Waals surface area contributed by atoms with Gasteiger partial charge < -0.3 is 0 Å². The molecule has 0 fully saturated rings. The molecule has 2 rings (SSSR count). The summed E-state index contributed by atoms with van der Waals surface area (Å²) in [4.78, 5) is 0. The molecular weight excluding hydrogens is 280 g/mol. The van der Waals surface area contributed by atoms with E-state index in [1.54, 1.807) is 0 Å². The smallest absolute Gasteiger partial charge is 0.232 e. The third-order valence-electron chi connectivity index (χ3n) is 4.55. The van der Waals surface area contributed by atoms with Gasteiger partial charge in [-0.3, -0.25) is 0 Å². The van der Waals surface area contributed by atoms with Crippen molar-refractivity contribution in [2.24, 2.45) is 0 Å². The number of hydrogen-bond acceptors (Lipinski definition) is 0. The Kier molecular flexibility index (Phi) is 7.38. The highest BCUT2D eigenvalue weighted by atomic mass is 15.2. The molecule has 0 aliphatic rings. The highest BCUT2D eigenvalue weighted by molar-refractivity contribution is 5.31. The van der Waals surface area contributed by atoms with Gasteiger partial charge in [0.25, 0.3) is 5.82 Å². The number of rotatable bonds is 10. The molecule has 2 nitrogen and oxygen atoms in total. The maximum atomic E-state index is 2.42. The number of aromatic nitrogens is 2. The van der Waals surface area contributed by atoms with E-state index in [2.05, 4.69) is 72.6 Å². The Balaban J connectivity index is 1.97. The predicted molar refractivity (Wildman–Crippen MR) is 98.0 cm³/mol. The number of benzene rings is 1. The molecule has 1 aromatic carbocycles. The third kappa shape index (κ3) is 5.23. The van der Waals surface area contributed by atoms with E-state index in [1.165, 1.54) is 56.5 Å². The van der Waals surface area contributed by atoms with Gasteiger partial charge in [0.15, 0.2) is 0 Å². The van der Waals surface area contributed by atoms with Crippen LogP contribution in [0.4, 0.5) is 0 Å². The molecule has 0 unspecified atom stereocenters. The Morgan fingerprint density at radius 1 is 0.913 bits per heavy atom. The molecule has 2 aromatic rings. The lowest BCUT2D eigenvalue weighted by Crippen LogP contribution is -2.39. The molecule has 1 heterocycles. The van der Waals surface area contributed by atoms with Crippen LogP contribution in [-0.2, 0) is 6.42 Å². The minimum Gasteiger partial charge on any atom is -0.232 e. The van der Waals surface area contributed by atoms with Gasteiger partial charge in [-0.05, 0) is 32.4 Å². The fourth-order valence-electron chi connectivity index (χ4n) is 3.22. The fraction of sp³-hybridized carbons (Fsp3) is 0.571. The second kappa shape index (κ2) is 9.54. The van der Waals surface area contributed by atoms with Gasteiger partial charge in [0.1, 0.15) is 18.1 Å². The molecule has 0 atom stereocenters. The van der Waals surface area contributed by atoms with Crippen LogP contribution in [-0.4, -0.2) is 4.57 Å². The monoisotopic (exact) mass is 313 g/mol. The van der Waals surface area contributed by atoms with E-state index in [-0.39, 0.29) is 0 Å². The van der Waals surface area contributed by atoms with E-state index in [9.17, 15) is 0 Å². The number of hydrogen-bond donors (Lipinski definition) is 0. The molecule has 0 bridgehead atoms. The third-order valence-corrected chi connectivity index (χ3v) is 4.55. The zero-order valence-electron chi connectivity index (χ0n) is 15.2. The van der Waals surface area contributed by atoms with Crippen LogP contribution in [0.2, 0.25) is 0 Å². The Bertz CT molecular complexity index is 554. The van der Waals surface area contributed by atoms with E-state index in [4.69, 9.17) is 0 Å². The zero-order valence-corrected chi connectivity index (χ0v) is 15.2. The molecule has 0 saturated carbocycles. The quantitative estimate of drug-likeness (QED) is 0.396. The van der Waals surface area contributed by atoms with E-state index in [0.29, 0.717) is 6.04 Å². The van der Waals surface area contributed by atoms with Gasteiger partial charge in [-0.25, -0.2) is 4.57 Å². The molecule has 126 valence electrons. The highest BCUT2D eigenvalue weighted by Crippen LogP contribution is 2.14. The Hall–Kier alpha value is -1.57. The van der Waals surface area contributed by atoms with Gasteiger partial charge in [-0.1, -0.05) is 63.6 Å². The Morgan fingerprint density at radius 3 is 2.22 bits per heavy atom. The maximum Gasteiger partial charge on any atom is 0.261 e. The molecule has 0 aliphatic heterocycles. The minimum atomic E-state index is 0.513. The first-order valence-electron chi connectivity index (χ1n) is 9.40. The van der Waals surface area contributed by atoms with Crippen molar-refractivity contribution in [3.05, 3.63) is 48.5 Å². The standard InChI is InChI=1S/C21H33N2/c1-4-5-6-7-8-9-13-16-21-22(19(2)3)17-18-23(21)20-14-11-10-12-15-20/h10-12,14-15,17-19H,4-9,13,16H2,1-3H3/q+1. The summed E-state index contributed by atoms with van der Waals surface area (Å²) in [5.74, 6) is 1.43. The van der Waals surface area contributed by atoms with Gasteiger partial charge in [0, 0.05) is 6.42 Å². The van der Waals surface area contributed by atoms with Gasteiger partial charge in [0.2, 0.25) is 0 Å². The van der Waals surface area contributed by atoms with Crippen molar-refractivity contribution in [3.63, 3.8) is 0 Å². The van der Waals surface area contributed by atoms with Crippen molar-refractivity contribution in [2.75, 3.05) is 0 Å². The topological polar surface area (TPSA) is 8.81 Å². The molecule has 0 aliphatic carbocycles. The summed E-state index contributed by atoms with van der Waals surface area (Å²) in [6, 6.07) is 11.2. The minimum absolute atomic E-state index is 0.513. The molecule has 1 aromatic heterocycles. The first kappa shape index (κ1) is 17.8. The van der Waals surface area contributed by atoms with Gasteiger partial charge in [-0.15, -0.1) is 0 Å². The molecule has 0 saturated heterocycles. The van der Waals surface area contributed by atoms with E-state index < -0.39 is 0 Å². The maximum absolute atomic E-state index is 2.42. The SMILES string of the molecule is CCCCCCCCCc1n(-c2ccccc2)cc[n+]1C(C)C. The number of nitrogens with zero attached hydrogens (tertiary/aromatic N) is 2. The predicted octanol–water partition coefficient (Wildman–Crippen LogP) is 5.64. The van der Waals surface area contributed by atoms with Gasteiger partial charge in [0.05, 0.1) is 6.04 Å². The largest absolute Gasteiger partial charge is 0.261 e. The van der Waals surface area contributed by atoms with Crippen LogP contribution >= 0.6 is 0 Å². The zero-order chi connectivity index (χ0) is 16.5. The van der Waals surface area contributed by atoms with Gasteiger partial charge >= 0.3 is 0 Å². The number of imidazole rings is 1. The van der Waals surface area contributed by atoms with Crippen molar-refractivity contribution < 1.29 is 4.57 Å². The van der Waals surface area contributed by atoms with Crippen LogP contribution in [0.5, 0.6) is 0 Å². The summed E-state index contributed by atoms with van der Waals surface area (Å²) >= 11 is 0. The van der Waals surface area contributed by atoms with Crippen molar-refractivity contribution in [1.82, 2.24) is 4.57 Å². The van der Waals surface area contributed by atoms with Crippen molar-refractivity contribution >= 4 is 0 Å². The Labute approximate surface area is 142 Å². The van der Waals surface area contributed by atoms with Crippen molar-refractivity contribution in [2.45, 2.75) is 78.2 Å². The van der Waals surface area contributed by atoms with Crippen LogP contribution in [0.15, 0.2) is 42.7 Å². The second-order valence-corrected chi connectivity index (χ2v) is 6.79. The summed E-state index contributed by atoms with van der Waals surface area (Å²) in [5.41, 5.74) is 1.27. The normalized spacial score (nSPS) is 11.3. The van der Waals surface area contributed by atoms with E-state index in [1.807, 2.05) is 0 Å². The first-order chi connectivity index (χ1) is 11.2. The molecule has 0 N–H and O–H groups in total. The molecule has 2 heteroatoms. The van der Waals surface area contributed by atoms with Crippen LogP contribution in [0.25, 0.3) is 5.69 Å². The first-order valence-corrected chi connectivity index (χ1v) is 9.40. The summed E-state index contributed by atoms with van der Waals surface area (Å²) in [7, 11) is 0. The molecule has 0 spiro atoms. The number of unbranched alkanes of at least 4 members (excludes halogenated alkanes) is 6. The fourth-order valence-corrected chi connectivity index (χ4v) is 3.22. The summed E-state index contributed by atoms with van der Waals surface area (Å²) in [6.07, 6.45) is 15.2. The van der Waals surface area contributed by atoms with Crippen molar-refractivity contribution in [3.8, 4) is 5.69 Å². The molecular formula is C21H33N2+. The lowest BCUT2D eigenvalue weighted by atomic mass is 10.1. The van der Waals surface area contributed by atoms with Gasteiger partial charge in [-0.2, -0.15) is 4.57 Å². The van der Waals surface area contributed by atoms with Crippen LogP contribution in [0.3, 0.4) is 0 Å². The van der Waals surface area contributed by atoms with Crippen molar-refractivity contribution in [1.29, 1.82) is 0 Å². The average Bonchev–Trinajstić information content (AvgIpc) is 2.99. The Morgan fingerprint density at radius 2 is 1.57 bits per heavy atom. The summed E-state index contributed by atoms with van der Waals surface area (Å²) in [5, 5.41) is 0. The average molecular weight is 314 g/mol. The molecule has 0 amide bonds. The number of para-hydroxylation sites is 1. The highest BCUT2D eigenvalue weighted by Gasteiger charge is 2.20. The van der Waals surface area contributed by atoms with Crippen LogP contribution < -0.4 is 4.57 Å². The van der Waals surface area contributed by atoms with Crippen LogP contribution in [0.1, 0.15) is 77.6 Å². The summed E-state index contributed by atoms with van der Waals surface area (Å²) < 4.78 is 4.78. The lowest BCUT2D eigenvalue weighted by molar-refractivity contribution is -0.722. The van der Waals surface area contributed by atoms with E-state index >= 15 is 0 Å². The summed E-state index contributed by atoms with van der Waals surface area (Å²) in [6.45, 7) is 6.82. The lowest BCUT2D eigenvalue weighted by Gasteiger charge is -2.08. The second-order valence-electron chi connectivity index (χ2n) is 6.79. The van der Waals surface area contributed by atoms with Crippen LogP contribution in [0, 0.1) is 0 Å². The molecule has 0 radical (unpaired) electrons. The molecule has 23 heavy (non-hydrogen) atoms.